The Morgan fingerprint density at radius 2 is 2.10 bits per heavy atom. The van der Waals surface area contributed by atoms with Gasteiger partial charge in [-0.05, 0) is 43.5 Å². The number of rotatable bonds is 3. The van der Waals surface area contributed by atoms with E-state index in [1.807, 2.05) is 19.2 Å². The van der Waals surface area contributed by atoms with E-state index in [9.17, 15) is 9.18 Å². The summed E-state index contributed by atoms with van der Waals surface area (Å²) in [6.07, 6.45) is 1.42. The van der Waals surface area contributed by atoms with Gasteiger partial charge in [-0.3, -0.25) is 0 Å². The summed E-state index contributed by atoms with van der Waals surface area (Å²) in [7, 11) is 3.42. The molecule has 0 aromatic heterocycles. The first-order valence-electron chi connectivity index (χ1n) is 6.84. The lowest BCUT2D eigenvalue weighted by molar-refractivity contribution is 0.139. The van der Waals surface area contributed by atoms with Gasteiger partial charge in [0.05, 0.1) is 7.11 Å². The summed E-state index contributed by atoms with van der Waals surface area (Å²) < 4.78 is 17.5. The number of alkyl carbamates (subject to hydrolysis) is 1. The van der Waals surface area contributed by atoms with Gasteiger partial charge in [0.1, 0.15) is 5.82 Å². The molecule has 1 fully saturated rings. The van der Waals surface area contributed by atoms with Crippen LogP contribution >= 0.6 is 0 Å². The number of halogens is 1. The van der Waals surface area contributed by atoms with Crippen LogP contribution in [0.4, 0.5) is 9.18 Å². The first-order valence-corrected chi connectivity index (χ1v) is 6.84. The highest BCUT2D eigenvalue weighted by Gasteiger charge is 2.26. The van der Waals surface area contributed by atoms with Crippen LogP contribution in [0.25, 0.3) is 0 Å². The van der Waals surface area contributed by atoms with Crippen LogP contribution in [0.2, 0.25) is 0 Å². The van der Waals surface area contributed by atoms with Gasteiger partial charge in [-0.25, -0.2) is 9.18 Å². The number of likely N-dealkylation sites (N-methyl/N-ethyl adjacent to an activating group) is 1. The summed E-state index contributed by atoms with van der Waals surface area (Å²) >= 11 is 0. The molecule has 2 rings (SSSR count). The SMILES string of the molecule is COC(=O)NC1CC(Cc2ccc(F)cc2)CN(C)C1. The van der Waals surface area contributed by atoms with Gasteiger partial charge in [0.25, 0.3) is 0 Å². The quantitative estimate of drug-likeness (QED) is 0.921. The van der Waals surface area contributed by atoms with Crippen molar-refractivity contribution in [3.63, 3.8) is 0 Å². The highest BCUT2D eigenvalue weighted by Crippen LogP contribution is 2.20. The van der Waals surface area contributed by atoms with E-state index in [2.05, 4.69) is 15.0 Å². The average molecular weight is 280 g/mol. The Balaban J connectivity index is 1.93. The van der Waals surface area contributed by atoms with Crippen molar-refractivity contribution < 1.29 is 13.9 Å². The molecule has 1 aliphatic rings. The third-order valence-corrected chi connectivity index (χ3v) is 3.66. The number of hydrogen-bond acceptors (Lipinski definition) is 3. The van der Waals surface area contributed by atoms with Gasteiger partial charge in [0.2, 0.25) is 0 Å². The number of ether oxygens (including phenoxy) is 1. The smallest absolute Gasteiger partial charge is 0.407 e. The summed E-state index contributed by atoms with van der Waals surface area (Å²) in [6.45, 7) is 1.81. The molecule has 1 heterocycles. The minimum atomic E-state index is -0.383. The molecule has 1 aromatic rings. The van der Waals surface area contributed by atoms with Crippen molar-refractivity contribution in [2.45, 2.75) is 18.9 Å². The van der Waals surface area contributed by atoms with Gasteiger partial charge in [-0.15, -0.1) is 0 Å². The zero-order chi connectivity index (χ0) is 14.5. The van der Waals surface area contributed by atoms with Crippen LogP contribution in [-0.4, -0.2) is 44.3 Å². The number of carbonyl (C=O) groups is 1. The van der Waals surface area contributed by atoms with Crippen molar-refractivity contribution in [1.82, 2.24) is 10.2 Å². The molecule has 1 amide bonds. The van der Waals surface area contributed by atoms with E-state index in [-0.39, 0.29) is 18.0 Å². The largest absolute Gasteiger partial charge is 0.453 e. The number of hydrogen-bond donors (Lipinski definition) is 1. The monoisotopic (exact) mass is 280 g/mol. The van der Waals surface area contributed by atoms with Gasteiger partial charge in [-0.1, -0.05) is 12.1 Å². The number of nitrogens with one attached hydrogen (secondary N) is 1. The van der Waals surface area contributed by atoms with Crippen LogP contribution < -0.4 is 5.32 Å². The maximum Gasteiger partial charge on any atom is 0.407 e. The molecule has 1 aromatic carbocycles. The summed E-state index contributed by atoms with van der Waals surface area (Å²) in [5.74, 6) is 0.237. The Morgan fingerprint density at radius 3 is 2.75 bits per heavy atom. The Morgan fingerprint density at radius 1 is 1.40 bits per heavy atom. The molecule has 20 heavy (non-hydrogen) atoms. The molecule has 0 bridgehead atoms. The number of benzene rings is 1. The van der Waals surface area contributed by atoms with Gasteiger partial charge in [0, 0.05) is 19.1 Å². The highest BCUT2D eigenvalue weighted by molar-refractivity contribution is 5.67. The highest BCUT2D eigenvalue weighted by atomic mass is 19.1. The van der Waals surface area contributed by atoms with E-state index in [4.69, 9.17) is 0 Å². The summed E-state index contributed by atoms with van der Waals surface area (Å²) in [4.78, 5) is 13.5. The van der Waals surface area contributed by atoms with Crippen LogP contribution in [0.15, 0.2) is 24.3 Å². The Bertz CT molecular complexity index is 450. The minimum Gasteiger partial charge on any atom is -0.453 e. The summed E-state index contributed by atoms with van der Waals surface area (Å²) in [6, 6.07) is 6.74. The van der Waals surface area contributed by atoms with Crippen molar-refractivity contribution in [2.24, 2.45) is 5.92 Å². The molecular formula is C15H21FN2O2. The van der Waals surface area contributed by atoms with Crippen molar-refractivity contribution >= 4 is 6.09 Å². The van der Waals surface area contributed by atoms with Crippen molar-refractivity contribution in [3.05, 3.63) is 35.6 Å². The predicted octanol–water partition coefficient (Wildman–Crippen LogP) is 2.04. The molecule has 2 atom stereocenters. The van der Waals surface area contributed by atoms with Crippen molar-refractivity contribution in [1.29, 1.82) is 0 Å². The minimum absolute atomic E-state index is 0.103. The van der Waals surface area contributed by atoms with E-state index >= 15 is 0 Å². The fourth-order valence-electron chi connectivity index (χ4n) is 2.87. The molecule has 2 unspecified atom stereocenters. The second-order valence-electron chi connectivity index (χ2n) is 5.49. The van der Waals surface area contributed by atoms with Crippen molar-refractivity contribution in [3.8, 4) is 0 Å². The number of likely N-dealkylation sites (tertiary alicyclic amines) is 1. The van der Waals surface area contributed by atoms with Crippen LogP contribution in [-0.2, 0) is 11.2 Å². The number of nitrogens with zero attached hydrogens (tertiary/aromatic N) is 1. The zero-order valence-corrected chi connectivity index (χ0v) is 11.9. The molecule has 1 saturated heterocycles. The third-order valence-electron chi connectivity index (χ3n) is 3.66. The first kappa shape index (κ1) is 14.8. The van der Waals surface area contributed by atoms with Crippen LogP contribution in [0.5, 0.6) is 0 Å². The zero-order valence-electron chi connectivity index (χ0n) is 11.9. The maximum absolute atomic E-state index is 12.9. The predicted molar refractivity (Wildman–Crippen MR) is 75.0 cm³/mol. The van der Waals surface area contributed by atoms with E-state index in [0.29, 0.717) is 5.92 Å². The lowest BCUT2D eigenvalue weighted by Crippen LogP contribution is -2.49. The van der Waals surface area contributed by atoms with Gasteiger partial charge in [-0.2, -0.15) is 0 Å². The van der Waals surface area contributed by atoms with E-state index in [0.717, 1.165) is 31.5 Å². The topological polar surface area (TPSA) is 41.6 Å². The molecule has 4 nitrogen and oxygen atoms in total. The normalized spacial score (nSPS) is 23.4. The summed E-state index contributed by atoms with van der Waals surface area (Å²) in [5, 5.41) is 2.86. The fraction of sp³-hybridized carbons (Fsp3) is 0.533. The molecule has 0 radical (unpaired) electrons. The average Bonchev–Trinajstić information content (AvgIpc) is 2.40. The lowest BCUT2D eigenvalue weighted by atomic mass is 9.89. The van der Waals surface area contributed by atoms with E-state index in [1.165, 1.54) is 19.2 Å². The van der Waals surface area contributed by atoms with Gasteiger partial charge >= 0.3 is 6.09 Å². The molecular weight excluding hydrogens is 259 g/mol. The van der Waals surface area contributed by atoms with E-state index in [1.54, 1.807) is 0 Å². The fourth-order valence-corrected chi connectivity index (χ4v) is 2.87. The number of methoxy groups -OCH3 is 1. The molecule has 5 heteroatoms. The van der Waals surface area contributed by atoms with Gasteiger partial charge < -0.3 is 15.0 Å². The number of amides is 1. The second-order valence-corrected chi connectivity index (χ2v) is 5.49. The van der Waals surface area contributed by atoms with Crippen molar-refractivity contribution in [2.75, 3.05) is 27.2 Å². The first-order chi connectivity index (χ1) is 9.56. The molecule has 0 aliphatic carbocycles. The number of piperidine rings is 1. The van der Waals surface area contributed by atoms with E-state index < -0.39 is 0 Å². The maximum atomic E-state index is 12.9. The Kier molecular flexibility index (Phi) is 4.95. The summed E-state index contributed by atoms with van der Waals surface area (Å²) in [5.41, 5.74) is 1.13. The molecule has 0 saturated carbocycles. The van der Waals surface area contributed by atoms with Gasteiger partial charge in [0.15, 0.2) is 0 Å². The standard InChI is InChI=1S/C15H21FN2O2/c1-18-9-12(7-11-3-5-13(16)6-4-11)8-14(10-18)17-15(19)20-2/h3-6,12,14H,7-10H2,1-2H3,(H,17,19). The lowest BCUT2D eigenvalue weighted by Gasteiger charge is -2.35. The second kappa shape index (κ2) is 6.70. The van der Waals surface area contributed by atoms with Crippen LogP contribution in [0.1, 0.15) is 12.0 Å². The van der Waals surface area contributed by atoms with Crippen LogP contribution in [0.3, 0.4) is 0 Å². The third kappa shape index (κ3) is 4.20. The molecule has 110 valence electrons. The molecule has 1 aliphatic heterocycles. The van der Waals surface area contributed by atoms with Crippen LogP contribution in [0, 0.1) is 11.7 Å². The Labute approximate surface area is 118 Å². The molecule has 1 N–H and O–H groups in total. The Hall–Kier alpha value is -1.62. The molecule has 0 spiro atoms. The number of carbonyl (C=O) groups excluding carboxylic acids is 1.